The first kappa shape index (κ1) is 14.0. The normalized spacial score (nSPS) is 17.1. The number of carbonyl (C=O) groups is 1. The summed E-state index contributed by atoms with van der Waals surface area (Å²) >= 11 is 0. The van der Waals surface area contributed by atoms with E-state index in [0.717, 1.165) is 0 Å². The van der Waals surface area contributed by atoms with Gasteiger partial charge in [-0.05, 0) is 36.0 Å². The molecule has 0 spiro atoms. The first-order chi connectivity index (χ1) is 8.80. The van der Waals surface area contributed by atoms with Crippen molar-refractivity contribution in [1.82, 2.24) is 0 Å². The highest BCUT2D eigenvalue weighted by Gasteiger charge is 2.47. The summed E-state index contributed by atoms with van der Waals surface area (Å²) in [6.45, 7) is 0. The average Bonchev–Trinajstić information content (AvgIpc) is 2.98. The van der Waals surface area contributed by atoms with E-state index in [0.29, 0.717) is 18.4 Å². The molecule has 19 heavy (non-hydrogen) atoms. The van der Waals surface area contributed by atoms with Crippen LogP contribution in [0.5, 0.6) is 0 Å². The molecular formula is C13H15FO4S. The number of aliphatic carboxylic acids is 1. The minimum absolute atomic E-state index is 0.102. The molecule has 0 unspecified atom stereocenters. The lowest BCUT2D eigenvalue weighted by atomic mass is 10.1. The Morgan fingerprint density at radius 3 is 2.32 bits per heavy atom. The van der Waals surface area contributed by atoms with Crippen LogP contribution in [0.1, 0.15) is 24.8 Å². The topological polar surface area (TPSA) is 71.4 Å². The van der Waals surface area contributed by atoms with Crippen LogP contribution < -0.4 is 0 Å². The Balaban J connectivity index is 2.03. The number of hydrogen-bond donors (Lipinski definition) is 1. The zero-order valence-electron chi connectivity index (χ0n) is 10.3. The molecule has 0 saturated heterocycles. The molecule has 0 radical (unpaired) electrons. The van der Waals surface area contributed by atoms with Crippen LogP contribution >= 0.6 is 0 Å². The van der Waals surface area contributed by atoms with Crippen molar-refractivity contribution in [1.29, 1.82) is 0 Å². The van der Waals surface area contributed by atoms with Crippen molar-refractivity contribution in [3.8, 4) is 0 Å². The van der Waals surface area contributed by atoms with Crippen LogP contribution in [-0.4, -0.2) is 25.2 Å². The van der Waals surface area contributed by atoms with Crippen LogP contribution in [0.4, 0.5) is 4.39 Å². The second-order valence-corrected chi connectivity index (χ2v) is 7.29. The molecule has 1 fully saturated rings. The summed E-state index contributed by atoms with van der Waals surface area (Å²) < 4.78 is 36.8. The van der Waals surface area contributed by atoms with E-state index in [1.54, 1.807) is 0 Å². The van der Waals surface area contributed by atoms with Gasteiger partial charge in [0.25, 0.3) is 0 Å². The number of carboxylic acid groups (broad SMARTS) is 1. The van der Waals surface area contributed by atoms with Gasteiger partial charge < -0.3 is 5.11 Å². The minimum atomic E-state index is -3.37. The van der Waals surface area contributed by atoms with E-state index >= 15 is 0 Å². The lowest BCUT2D eigenvalue weighted by molar-refractivity contribution is -0.138. The lowest BCUT2D eigenvalue weighted by Crippen LogP contribution is -2.21. The maximum absolute atomic E-state index is 12.7. The predicted octanol–water partition coefficient (Wildman–Crippen LogP) is 2.00. The molecule has 0 heterocycles. The third kappa shape index (κ3) is 4.02. The summed E-state index contributed by atoms with van der Waals surface area (Å²) in [4.78, 5) is 10.7. The van der Waals surface area contributed by atoms with Crippen LogP contribution in [0.3, 0.4) is 0 Å². The Morgan fingerprint density at radius 1 is 1.26 bits per heavy atom. The van der Waals surface area contributed by atoms with Gasteiger partial charge in [-0.25, -0.2) is 12.8 Å². The number of rotatable bonds is 6. The molecule has 0 bridgehead atoms. The highest BCUT2D eigenvalue weighted by atomic mass is 32.2. The van der Waals surface area contributed by atoms with Crippen molar-refractivity contribution >= 4 is 15.8 Å². The number of carboxylic acids is 1. The molecule has 1 aromatic carbocycles. The molecule has 2 rings (SSSR count). The van der Waals surface area contributed by atoms with Crippen molar-refractivity contribution in [2.45, 2.75) is 25.0 Å². The monoisotopic (exact) mass is 286 g/mol. The van der Waals surface area contributed by atoms with E-state index in [1.807, 2.05) is 0 Å². The van der Waals surface area contributed by atoms with E-state index in [4.69, 9.17) is 5.11 Å². The predicted molar refractivity (Wildman–Crippen MR) is 67.8 cm³/mol. The van der Waals surface area contributed by atoms with Gasteiger partial charge >= 0.3 is 5.97 Å². The standard InChI is InChI=1S/C13H15FO4S/c14-11-3-1-10(2-4-11)8-19(17,18)9-13(5-6-13)7-12(15)16/h1-4H,5-9H2,(H,15,16). The van der Waals surface area contributed by atoms with E-state index in [2.05, 4.69) is 0 Å². The first-order valence-corrected chi connectivity index (χ1v) is 7.79. The van der Waals surface area contributed by atoms with Crippen LogP contribution in [-0.2, 0) is 20.4 Å². The SMILES string of the molecule is O=C(O)CC1(CS(=O)(=O)Cc2ccc(F)cc2)CC1. The Morgan fingerprint density at radius 2 is 1.84 bits per heavy atom. The van der Waals surface area contributed by atoms with E-state index in [-0.39, 0.29) is 17.9 Å². The second-order valence-electron chi connectivity index (χ2n) is 5.23. The summed E-state index contributed by atoms with van der Waals surface area (Å²) in [6, 6.07) is 5.30. The van der Waals surface area contributed by atoms with Gasteiger partial charge in [0.05, 0.1) is 17.9 Å². The van der Waals surface area contributed by atoms with Crippen LogP contribution in [0.15, 0.2) is 24.3 Å². The molecule has 1 aliphatic rings. The molecule has 0 aromatic heterocycles. The maximum atomic E-state index is 12.7. The molecule has 1 saturated carbocycles. The Bertz CT molecular complexity index is 573. The molecule has 1 aromatic rings. The van der Waals surface area contributed by atoms with E-state index in [9.17, 15) is 17.6 Å². The van der Waals surface area contributed by atoms with Crippen LogP contribution in [0, 0.1) is 11.2 Å². The fraction of sp³-hybridized carbons (Fsp3) is 0.462. The largest absolute Gasteiger partial charge is 0.481 e. The number of hydrogen-bond acceptors (Lipinski definition) is 3. The molecule has 104 valence electrons. The zero-order chi connectivity index (χ0) is 14.1. The summed E-state index contributed by atoms with van der Waals surface area (Å²) in [7, 11) is -3.37. The summed E-state index contributed by atoms with van der Waals surface area (Å²) in [5.41, 5.74) is -0.0578. The van der Waals surface area contributed by atoms with Gasteiger partial charge in [0.2, 0.25) is 0 Å². The third-order valence-electron chi connectivity index (χ3n) is 3.31. The molecule has 0 amide bonds. The van der Waals surface area contributed by atoms with Gasteiger partial charge in [0.15, 0.2) is 9.84 Å². The van der Waals surface area contributed by atoms with Gasteiger partial charge in [-0.2, -0.15) is 0 Å². The van der Waals surface area contributed by atoms with Crippen molar-refractivity contribution in [2.24, 2.45) is 5.41 Å². The Hall–Kier alpha value is -1.43. The smallest absolute Gasteiger partial charge is 0.303 e. The van der Waals surface area contributed by atoms with E-state index in [1.165, 1.54) is 24.3 Å². The van der Waals surface area contributed by atoms with Crippen molar-refractivity contribution in [3.05, 3.63) is 35.6 Å². The van der Waals surface area contributed by atoms with E-state index < -0.39 is 27.0 Å². The van der Waals surface area contributed by atoms with Gasteiger partial charge in [0.1, 0.15) is 5.82 Å². The summed E-state index contributed by atoms with van der Waals surface area (Å²) in [6.07, 6.45) is 1.18. The third-order valence-corrected chi connectivity index (χ3v) is 5.13. The number of sulfone groups is 1. The highest BCUT2D eigenvalue weighted by Crippen LogP contribution is 2.50. The Kier molecular flexibility index (Phi) is 3.62. The molecular weight excluding hydrogens is 271 g/mol. The van der Waals surface area contributed by atoms with Crippen LogP contribution in [0.25, 0.3) is 0 Å². The summed E-state index contributed by atoms with van der Waals surface area (Å²) in [5, 5.41) is 8.77. The minimum Gasteiger partial charge on any atom is -0.481 e. The fourth-order valence-electron chi connectivity index (χ4n) is 2.22. The molecule has 1 N–H and O–H groups in total. The van der Waals surface area contributed by atoms with Crippen molar-refractivity contribution in [3.63, 3.8) is 0 Å². The fourth-order valence-corrected chi connectivity index (χ4v) is 4.35. The van der Waals surface area contributed by atoms with Crippen molar-refractivity contribution in [2.75, 3.05) is 5.75 Å². The van der Waals surface area contributed by atoms with Crippen LogP contribution in [0.2, 0.25) is 0 Å². The molecule has 6 heteroatoms. The summed E-state index contributed by atoms with van der Waals surface area (Å²) in [5.74, 6) is -1.65. The first-order valence-electron chi connectivity index (χ1n) is 5.97. The quantitative estimate of drug-likeness (QED) is 0.868. The van der Waals surface area contributed by atoms with Crippen molar-refractivity contribution < 1.29 is 22.7 Å². The molecule has 0 atom stereocenters. The molecule has 1 aliphatic carbocycles. The lowest BCUT2D eigenvalue weighted by Gasteiger charge is -2.12. The Labute approximate surface area is 111 Å². The highest BCUT2D eigenvalue weighted by molar-refractivity contribution is 7.90. The zero-order valence-corrected chi connectivity index (χ0v) is 11.1. The number of halogens is 1. The van der Waals surface area contributed by atoms with Gasteiger partial charge in [-0.1, -0.05) is 12.1 Å². The van der Waals surface area contributed by atoms with Gasteiger partial charge in [-0.15, -0.1) is 0 Å². The molecule has 4 nitrogen and oxygen atoms in total. The number of benzene rings is 1. The average molecular weight is 286 g/mol. The van der Waals surface area contributed by atoms with Gasteiger partial charge in [-0.3, -0.25) is 4.79 Å². The maximum Gasteiger partial charge on any atom is 0.303 e. The second kappa shape index (κ2) is 4.92. The molecule has 0 aliphatic heterocycles. The van der Waals surface area contributed by atoms with Gasteiger partial charge in [0, 0.05) is 0 Å².